The molecular weight excluding hydrogens is 450 g/mol. The first-order chi connectivity index (χ1) is 17.4. The summed E-state index contributed by atoms with van der Waals surface area (Å²) in [5.41, 5.74) is 4.24. The van der Waals surface area contributed by atoms with Crippen LogP contribution in [0.3, 0.4) is 0 Å². The van der Waals surface area contributed by atoms with Gasteiger partial charge in [-0.05, 0) is 43.0 Å². The van der Waals surface area contributed by atoms with Crippen LogP contribution in [0.1, 0.15) is 42.5 Å². The monoisotopic (exact) mass is 485 g/mol. The third kappa shape index (κ3) is 6.29. The number of aromatic nitrogens is 1. The second-order valence-electron chi connectivity index (χ2n) is 9.35. The Labute approximate surface area is 213 Å². The fraction of sp³-hybridized carbons (Fsp3) is 0.345. The number of piperazine rings is 1. The van der Waals surface area contributed by atoms with Crippen LogP contribution in [-0.4, -0.2) is 54.4 Å². The summed E-state index contributed by atoms with van der Waals surface area (Å²) in [6.45, 7) is 9.44. The second-order valence-corrected chi connectivity index (χ2v) is 9.35. The van der Waals surface area contributed by atoms with Crippen LogP contribution in [0, 0.1) is 6.92 Å². The highest BCUT2D eigenvalue weighted by Crippen LogP contribution is 2.21. The molecule has 3 aromatic rings. The maximum Gasteiger partial charge on any atom is 0.247 e. The van der Waals surface area contributed by atoms with Crippen molar-refractivity contribution >= 4 is 23.3 Å². The van der Waals surface area contributed by atoms with E-state index in [0.29, 0.717) is 25.5 Å². The number of likely N-dealkylation sites (N-methyl/N-ethyl adjacent to an activating group) is 1. The molecule has 2 heterocycles. The van der Waals surface area contributed by atoms with E-state index < -0.39 is 6.04 Å². The number of rotatable bonds is 9. The van der Waals surface area contributed by atoms with Gasteiger partial charge in [-0.25, -0.2) is 4.98 Å². The van der Waals surface area contributed by atoms with Crippen LogP contribution in [0.2, 0.25) is 0 Å². The highest BCUT2D eigenvalue weighted by atomic mass is 16.2. The van der Waals surface area contributed by atoms with E-state index in [1.807, 2.05) is 53.1 Å². The molecule has 0 saturated carbocycles. The zero-order chi connectivity index (χ0) is 25.5. The Morgan fingerprint density at radius 2 is 1.75 bits per heavy atom. The Morgan fingerprint density at radius 3 is 2.39 bits per heavy atom. The van der Waals surface area contributed by atoms with Crippen molar-refractivity contribution in [3.63, 3.8) is 0 Å². The summed E-state index contributed by atoms with van der Waals surface area (Å²) in [6.07, 6.45) is 1.72. The van der Waals surface area contributed by atoms with E-state index in [2.05, 4.69) is 53.7 Å². The van der Waals surface area contributed by atoms with Crippen molar-refractivity contribution in [3.8, 4) is 0 Å². The van der Waals surface area contributed by atoms with Gasteiger partial charge in [-0.3, -0.25) is 9.59 Å². The van der Waals surface area contributed by atoms with Crippen molar-refractivity contribution in [2.45, 2.75) is 32.7 Å². The molecule has 4 rings (SSSR count). The average Bonchev–Trinajstić information content (AvgIpc) is 2.90. The molecule has 1 saturated heterocycles. The summed E-state index contributed by atoms with van der Waals surface area (Å²) in [7, 11) is 0. The summed E-state index contributed by atoms with van der Waals surface area (Å²) >= 11 is 0. The number of amides is 2. The molecule has 1 aromatic heterocycles. The number of carbonyl (C=O) groups is 2. The van der Waals surface area contributed by atoms with E-state index in [1.54, 1.807) is 12.3 Å². The van der Waals surface area contributed by atoms with Crippen LogP contribution in [0.4, 0.5) is 11.5 Å². The lowest BCUT2D eigenvalue weighted by atomic mass is 9.98. The van der Waals surface area contributed by atoms with Crippen LogP contribution in [-0.2, 0) is 9.59 Å². The van der Waals surface area contributed by atoms with Crippen LogP contribution in [0.5, 0.6) is 0 Å². The molecule has 1 aliphatic rings. The molecule has 7 nitrogen and oxygen atoms in total. The van der Waals surface area contributed by atoms with Gasteiger partial charge in [0, 0.05) is 26.2 Å². The molecule has 1 unspecified atom stereocenters. The van der Waals surface area contributed by atoms with E-state index in [0.717, 1.165) is 24.3 Å². The molecule has 2 N–H and O–H groups in total. The zero-order valence-corrected chi connectivity index (χ0v) is 21.3. The van der Waals surface area contributed by atoms with Gasteiger partial charge < -0.3 is 20.4 Å². The van der Waals surface area contributed by atoms with Crippen molar-refractivity contribution in [3.05, 3.63) is 89.6 Å². The van der Waals surface area contributed by atoms with Crippen molar-refractivity contribution < 1.29 is 9.59 Å². The van der Waals surface area contributed by atoms with Crippen molar-refractivity contribution in [1.29, 1.82) is 0 Å². The Kier molecular flexibility index (Phi) is 8.33. The molecule has 36 heavy (non-hydrogen) atoms. The van der Waals surface area contributed by atoms with Crippen molar-refractivity contribution in [1.82, 2.24) is 15.2 Å². The molecule has 2 atom stereocenters. The molecular formula is C29H35N5O2. The molecule has 0 radical (unpaired) electrons. The Morgan fingerprint density at radius 1 is 1.00 bits per heavy atom. The molecule has 7 heteroatoms. The van der Waals surface area contributed by atoms with Gasteiger partial charge in [-0.15, -0.1) is 0 Å². The maximum absolute atomic E-state index is 13.3. The minimum Gasteiger partial charge on any atom is -0.359 e. The van der Waals surface area contributed by atoms with Crippen LogP contribution < -0.4 is 15.5 Å². The number of hydrogen-bond donors (Lipinski definition) is 2. The lowest BCUT2D eigenvalue weighted by molar-refractivity contribution is -0.130. The number of aryl methyl sites for hydroxylation is 1. The van der Waals surface area contributed by atoms with Crippen LogP contribution in [0.15, 0.2) is 72.9 Å². The first-order valence-corrected chi connectivity index (χ1v) is 12.6. The van der Waals surface area contributed by atoms with Crippen molar-refractivity contribution in [2.75, 3.05) is 42.9 Å². The van der Waals surface area contributed by atoms with Gasteiger partial charge in [0.05, 0.1) is 18.4 Å². The molecule has 188 valence electrons. The number of pyridine rings is 1. The Bertz CT molecular complexity index is 1150. The zero-order valence-electron chi connectivity index (χ0n) is 21.3. The van der Waals surface area contributed by atoms with Gasteiger partial charge >= 0.3 is 0 Å². The Balaban J connectivity index is 1.41. The molecule has 1 aliphatic heterocycles. The molecule has 0 bridgehead atoms. The number of anilines is 2. The molecule has 0 spiro atoms. The lowest BCUT2D eigenvalue weighted by Gasteiger charge is -2.34. The largest absolute Gasteiger partial charge is 0.359 e. The number of carbonyl (C=O) groups excluding carboxylic acids is 2. The van der Waals surface area contributed by atoms with Gasteiger partial charge in [-0.1, -0.05) is 67.1 Å². The molecule has 2 amide bonds. The highest BCUT2D eigenvalue weighted by Gasteiger charge is 2.24. The summed E-state index contributed by atoms with van der Waals surface area (Å²) in [6, 6.07) is 21.4. The molecule has 0 aliphatic carbocycles. The van der Waals surface area contributed by atoms with Crippen molar-refractivity contribution in [2.24, 2.45) is 0 Å². The van der Waals surface area contributed by atoms with Crippen LogP contribution >= 0.6 is 0 Å². The van der Waals surface area contributed by atoms with E-state index in [9.17, 15) is 9.59 Å². The van der Waals surface area contributed by atoms with Gasteiger partial charge in [0.2, 0.25) is 11.8 Å². The minimum atomic E-state index is -0.514. The predicted molar refractivity (Wildman–Crippen MR) is 144 cm³/mol. The maximum atomic E-state index is 13.3. The number of nitrogens with one attached hydrogen (secondary N) is 2. The minimum absolute atomic E-state index is 0.123. The van der Waals surface area contributed by atoms with E-state index in [1.165, 1.54) is 11.1 Å². The van der Waals surface area contributed by atoms with Gasteiger partial charge in [-0.2, -0.15) is 0 Å². The number of benzene rings is 2. The number of hydrogen-bond acceptors (Lipinski definition) is 5. The third-order valence-corrected chi connectivity index (χ3v) is 6.73. The number of nitrogens with zero attached hydrogens (tertiary/aromatic N) is 3. The standard InChI is InChI=1S/C29H35N5O2/c1-4-33-16-17-34(20-27(33)35)25-14-15-26(30-19-25)32-29(36)28(24-8-6-5-7-9-24)31-18-22(3)23-12-10-21(2)11-13-23/h5-15,19,22,28,31H,4,16-18,20H2,1-3H3,(H,30,32,36)/t22?,28-/m1/s1. The second kappa shape index (κ2) is 11.8. The first kappa shape index (κ1) is 25.4. The summed E-state index contributed by atoms with van der Waals surface area (Å²) in [5, 5.41) is 6.42. The van der Waals surface area contributed by atoms with E-state index in [-0.39, 0.29) is 17.7 Å². The average molecular weight is 486 g/mol. The van der Waals surface area contributed by atoms with E-state index >= 15 is 0 Å². The first-order valence-electron chi connectivity index (χ1n) is 12.6. The molecule has 1 fully saturated rings. The smallest absolute Gasteiger partial charge is 0.247 e. The van der Waals surface area contributed by atoms with Gasteiger partial charge in [0.15, 0.2) is 0 Å². The summed E-state index contributed by atoms with van der Waals surface area (Å²) in [5.74, 6) is 0.691. The fourth-order valence-corrected chi connectivity index (χ4v) is 4.42. The molecule has 2 aromatic carbocycles. The van der Waals surface area contributed by atoms with Gasteiger partial charge in [0.25, 0.3) is 0 Å². The van der Waals surface area contributed by atoms with E-state index in [4.69, 9.17) is 0 Å². The topological polar surface area (TPSA) is 77.6 Å². The SMILES string of the molecule is CCN1CCN(c2ccc(NC(=O)[C@H](NCC(C)c3ccc(C)cc3)c3ccccc3)nc2)CC1=O. The van der Waals surface area contributed by atoms with Gasteiger partial charge in [0.1, 0.15) is 11.9 Å². The quantitative estimate of drug-likeness (QED) is 0.477. The summed E-state index contributed by atoms with van der Waals surface area (Å²) < 4.78 is 0. The highest BCUT2D eigenvalue weighted by molar-refractivity contribution is 5.95. The van der Waals surface area contributed by atoms with Crippen LogP contribution in [0.25, 0.3) is 0 Å². The normalized spacial score (nSPS) is 15.5. The fourth-order valence-electron chi connectivity index (χ4n) is 4.42. The Hall–Kier alpha value is -3.71. The lowest BCUT2D eigenvalue weighted by Crippen LogP contribution is -2.50. The predicted octanol–water partition coefficient (Wildman–Crippen LogP) is 4.13. The third-order valence-electron chi connectivity index (χ3n) is 6.73. The summed E-state index contributed by atoms with van der Waals surface area (Å²) in [4.78, 5) is 33.9.